The van der Waals surface area contributed by atoms with E-state index in [1.807, 2.05) is 0 Å². The summed E-state index contributed by atoms with van der Waals surface area (Å²) in [4.78, 5) is 0. The van der Waals surface area contributed by atoms with E-state index in [2.05, 4.69) is 47.6 Å². The zero-order chi connectivity index (χ0) is 14.3. The second-order valence-electron chi connectivity index (χ2n) is 7.28. The molecule has 108 valence electrons. The van der Waals surface area contributed by atoms with Gasteiger partial charge in [-0.05, 0) is 57.8 Å². The van der Waals surface area contributed by atoms with Gasteiger partial charge in [0.1, 0.15) is 0 Å². The lowest BCUT2D eigenvalue weighted by Gasteiger charge is -2.35. The lowest BCUT2D eigenvalue weighted by Crippen LogP contribution is -2.41. The van der Waals surface area contributed by atoms with E-state index in [1.165, 1.54) is 31.2 Å². The predicted octanol–water partition coefficient (Wildman–Crippen LogP) is 4.53. The van der Waals surface area contributed by atoms with Crippen molar-refractivity contribution in [1.29, 1.82) is 0 Å². The molecule has 0 radical (unpaired) electrons. The summed E-state index contributed by atoms with van der Waals surface area (Å²) in [6, 6.07) is 0. The van der Waals surface area contributed by atoms with Crippen LogP contribution in [0.3, 0.4) is 0 Å². The summed E-state index contributed by atoms with van der Waals surface area (Å²) in [5.41, 5.74) is 1.44. The summed E-state index contributed by atoms with van der Waals surface area (Å²) in [6.07, 6.45) is 8.51. The van der Waals surface area contributed by atoms with Crippen molar-refractivity contribution >= 4 is 7.12 Å². The summed E-state index contributed by atoms with van der Waals surface area (Å²) in [5, 5.41) is 0. The molecule has 0 spiro atoms. The Kier molecular flexibility index (Phi) is 3.92. The summed E-state index contributed by atoms with van der Waals surface area (Å²) in [5.74, 6) is 0. The molecule has 0 aromatic rings. The maximum Gasteiger partial charge on any atom is 0.490 e. The second kappa shape index (κ2) is 4.93. The fraction of sp³-hybridized carbons (Fsp3) is 0.875. The highest BCUT2D eigenvalue weighted by atomic mass is 16.7. The molecule has 1 heterocycles. The third-order valence-electron chi connectivity index (χ3n) is 5.80. The molecular weight excluding hydrogens is 235 g/mol. The van der Waals surface area contributed by atoms with Gasteiger partial charge >= 0.3 is 7.12 Å². The molecule has 1 aliphatic heterocycles. The van der Waals surface area contributed by atoms with E-state index in [0.717, 1.165) is 6.42 Å². The van der Waals surface area contributed by atoms with Gasteiger partial charge in [-0.3, -0.25) is 0 Å². The largest absolute Gasteiger partial charge is 0.490 e. The molecule has 0 amide bonds. The zero-order valence-corrected chi connectivity index (χ0v) is 13.5. The Labute approximate surface area is 119 Å². The highest BCUT2D eigenvalue weighted by molar-refractivity contribution is 6.54. The third-order valence-corrected chi connectivity index (χ3v) is 5.80. The number of hydrogen-bond donors (Lipinski definition) is 0. The monoisotopic (exact) mass is 264 g/mol. The predicted molar refractivity (Wildman–Crippen MR) is 81.0 cm³/mol. The van der Waals surface area contributed by atoms with E-state index in [1.54, 1.807) is 0 Å². The van der Waals surface area contributed by atoms with Crippen LogP contribution in [0.5, 0.6) is 0 Å². The van der Waals surface area contributed by atoms with Crippen LogP contribution in [0, 0.1) is 5.41 Å². The molecule has 0 N–H and O–H groups in total. The minimum Gasteiger partial charge on any atom is -0.400 e. The molecule has 1 aliphatic carbocycles. The van der Waals surface area contributed by atoms with Gasteiger partial charge in [-0.2, -0.15) is 0 Å². The van der Waals surface area contributed by atoms with E-state index < -0.39 is 0 Å². The summed E-state index contributed by atoms with van der Waals surface area (Å²) in [7, 11) is -0.128. The second-order valence-corrected chi connectivity index (χ2v) is 7.28. The molecule has 0 aromatic carbocycles. The van der Waals surface area contributed by atoms with Crippen molar-refractivity contribution in [2.24, 2.45) is 5.41 Å². The van der Waals surface area contributed by atoms with Crippen molar-refractivity contribution < 1.29 is 9.31 Å². The first-order chi connectivity index (χ1) is 8.75. The first kappa shape index (κ1) is 15.1. The van der Waals surface area contributed by atoms with E-state index in [0.29, 0.717) is 5.41 Å². The van der Waals surface area contributed by atoms with Crippen LogP contribution in [0.15, 0.2) is 11.5 Å². The van der Waals surface area contributed by atoms with E-state index in [4.69, 9.17) is 9.31 Å². The average Bonchev–Trinajstić information content (AvgIpc) is 2.58. The summed E-state index contributed by atoms with van der Waals surface area (Å²) in [6.45, 7) is 13.1. The van der Waals surface area contributed by atoms with Gasteiger partial charge in [-0.1, -0.05) is 32.8 Å². The van der Waals surface area contributed by atoms with Crippen LogP contribution in [0.2, 0.25) is 0 Å². The Morgan fingerprint density at radius 2 is 1.58 bits per heavy atom. The maximum atomic E-state index is 6.15. The first-order valence-corrected chi connectivity index (χ1v) is 7.80. The fourth-order valence-corrected chi connectivity index (χ4v) is 3.06. The van der Waals surface area contributed by atoms with Crippen molar-refractivity contribution in [2.45, 2.75) is 84.8 Å². The van der Waals surface area contributed by atoms with Gasteiger partial charge in [0.05, 0.1) is 11.2 Å². The molecule has 0 bridgehead atoms. The Bertz CT molecular complexity index is 351. The van der Waals surface area contributed by atoms with Crippen molar-refractivity contribution in [3.05, 3.63) is 11.5 Å². The molecule has 0 unspecified atom stereocenters. The zero-order valence-electron chi connectivity index (χ0n) is 13.5. The van der Waals surface area contributed by atoms with Crippen LogP contribution in [0.4, 0.5) is 0 Å². The smallest absolute Gasteiger partial charge is 0.400 e. The normalized spacial score (nSPS) is 28.3. The van der Waals surface area contributed by atoms with Gasteiger partial charge in [0.15, 0.2) is 0 Å². The molecule has 0 saturated carbocycles. The summed E-state index contributed by atoms with van der Waals surface area (Å²) < 4.78 is 12.3. The Morgan fingerprint density at radius 1 is 1.05 bits per heavy atom. The van der Waals surface area contributed by atoms with Crippen LogP contribution >= 0.6 is 0 Å². The Morgan fingerprint density at radius 3 is 1.95 bits per heavy atom. The van der Waals surface area contributed by atoms with Gasteiger partial charge in [0, 0.05) is 0 Å². The lowest BCUT2D eigenvalue weighted by atomic mass is 9.64. The minimum absolute atomic E-state index is 0.128. The van der Waals surface area contributed by atoms with Crippen molar-refractivity contribution in [2.75, 3.05) is 0 Å². The van der Waals surface area contributed by atoms with E-state index in [-0.39, 0.29) is 18.3 Å². The Balaban J connectivity index is 2.09. The molecule has 2 aliphatic rings. The molecule has 1 saturated heterocycles. The molecular formula is C16H29BO2. The molecule has 0 atom stereocenters. The standard InChI is InChI=1S/C16H29BO2/c1-7-16(8-2)11-9-13(10-12-16)17-18-14(3,4)15(5,6)19-17/h9H,7-8,10-12H2,1-6H3. The molecule has 1 fully saturated rings. The van der Waals surface area contributed by atoms with E-state index in [9.17, 15) is 0 Å². The van der Waals surface area contributed by atoms with Gasteiger partial charge in [-0.25, -0.2) is 0 Å². The van der Waals surface area contributed by atoms with Gasteiger partial charge in [-0.15, -0.1) is 0 Å². The number of hydrogen-bond acceptors (Lipinski definition) is 2. The van der Waals surface area contributed by atoms with Crippen molar-refractivity contribution in [1.82, 2.24) is 0 Å². The minimum atomic E-state index is -0.220. The Hall–Kier alpha value is -0.275. The number of allylic oxidation sites excluding steroid dienone is 2. The van der Waals surface area contributed by atoms with Crippen LogP contribution < -0.4 is 0 Å². The molecule has 0 aromatic heterocycles. The van der Waals surface area contributed by atoms with Crippen molar-refractivity contribution in [3.8, 4) is 0 Å². The van der Waals surface area contributed by atoms with Gasteiger partial charge < -0.3 is 9.31 Å². The fourth-order valence-electron chi connectivity index (χ4n) is 3.06. The maximum absolute atomic E-state index is 6.15. The number of rotatable bonds is 3. The quantitative estimate of drug-likeness (QED) is 0.697. The average molecular weight is 264 g/mol. The summed E-state index contributed by atoms with van der Waals surface area (Å²) >= 11 is 0. The molecule has 2 nitrogen and oxygen atoms in total. The molecule has 2 rings (SSSR count). The van der Waals surface area contributed by atoms with Crippen LogP contribution in [0.25, 0.3) is 0 Å². The van der Waals surface area contributed by atoms with Gasteiger partial charge in [0.2, 0.25) is 0 Å². The van der Waals surface area contributed by atoms with Gasteiger partial charge in [0.25, 0.3) is 0 Å². The highest BCUT2D eigenvalue weighted by Crippen LogP contribution is 2.45. The van der Waals surface area contributed by atoms with Crippen molar-refractivity contribution in [3.63, 3.8) is 0 Å². The van der Waals surface area contributed by atoms with Crippen LogP contribution in [0.1, 0.15) is 73.6 Å². The first-order valence-electron chi connectivity index (χ1n) is 7.80. The SMILES string of the molecule is CCC1(CC)CC=C(B2OC(C)(C)C(C)(C)O2)CC1. The molecule has 3 heteroatoms. The topological polar surface area (TPSA) is 18.5 Å². The molecule has 19 heavy (non-hydrogen) atoms. The third kappa shape index (κ3) is 2.64. The highest BCUT2D eigenvalue weighted by Gasteiger charge is 2.52. The van der Waals surface area contributed by atoms with Crippen LogP contribution in [-0.4, -0.2) is 18.3 Å². The van der Waals surface area contributed by atoms with Crippen LogP contribution in [-0.2, 0) is 9.31 Å². The van der Waals surface area contributed by atoms with E-state index >= 15 is 0 Å². The lowest BCUT2D eigenvalue weighted by molar-refractivity contribution is 0.00578.